The summed E-state index contributed by atoms with van der Waals surface area (Å²) in [6, 6.07) is 0.388. The number of nitrogens with one attached hydrogen (secondary N) is 1. The van der Waals surface area contributed by atoms with Crippen LogP contribution >= 0.6 is 0 Å². The SMILES string of the molecule is CN(CC(O)C1CC1)C(=O)NC1CC1C1CCCCC1. The number of rotatable bonds is 5. The van der Waals surface area contributed by atoms with E-state index in [1.807, 2.05) is 0 Å². The van der Waals surface area contributed by atoms with Crippen LogP contribution in [0.1, 0.15) is 51.4 Å². The van der Waals surface area contributed by atoms with Crippen LogP contribution in [0.5, 0.6) is 0 Å². The molecule has 0 aromatic rings. The maximum Gasteiger partial charge on any atom is 0.317 e. The Bertz CT molecular complexity index is 350. The molecule has 2 N–H and O–H groups in total. The van der Waals surface area contributed by atoms with Gasteiger partial charge < -0.3 is 15.3 Å². The Morgan fingerprint density at radius 1 is 1.25 bits per heavy atom. The van der Waals surface area contributed by atoms with Gasteiger partial charge in [-0.3, -0.25) is 0 Å². The zero-order chi connectivity index (χ0) is 14.1. The average molecular weight is 280 g/mol. The second kappa shape index (κ2) is 5.92. The highest BCUT2D eigenvalue weighted by molar-refractivity contribution is 5.74. The van der Waals surface area contributed by atoms with Gasteiger partial charge in [0.2, 0.25) is 0 Å². The van der Waals surface area contributed by atoms with Crippen molar-refractivity contribution >= 4 is 6.03 Å². The number of urea groups is 1. The third-order valence-electron chi connectivity index (χ3n) is 5.38. The van der Waals surface area contributed by atoms with E-state index in [0.29, 0.717) is 18.5 Å². The van der Waals surface area contributed by atoms with Crippen molar-refractivity contribution in [2.24, 2.45) is 17.8 Å². The number of amides is 2. The number of hydrogen-bond donors (Lipinski definition) is 2. The lowest BCUT2D eigenvalue weighted by Crippen LogP contribution is -2.43. The van der Waals surface area contributed by atoms with E-state index in [-0.39, 0.29) is 12.1 Å². The van der Waals surface area contributed by atoms with Crippen molar-refractivity contribution in [1.82, 2.24) is 10.2 Å². The lowest BCUT2D eigenvalue weighted by molar-refractivity contribution is 0.113. The molecule has 0 radical (unpaired) electrons. The van der Waals surface area contributed by atoms with Crippen LogP contribution in [0.15, 0.2) is 0 Å². The van der Waals surface area contributed by atoms with E-state index in [4.69, 9.17) is 0 Å². The van der Waals surface area contributed by atoms with Gasteiger partial charge in [-0.05, 0) is 37.0 Å². The van der Waals surface area contributed by atoms with Crippen LogP contribution in [0.25, 0.3) is 0 Å². The van der Waals surface area contributed by atoms with E-state index in [2.05, 4.69) is 5.32 Å². The summed E-state index contributed by atoms with van der Waals surface area (Å²) < 4.78 is 0. The fourth-order valence-corrected chi connectivity index (χ4v) is 3.73. The highest BCUT2D eigenvalue weighted by Crippen LogP contribution is 2.44. The maximum atomic E-state index is 12.1. The maximum absolute atomic E-state index is 12.1. The average Bonchev–Trinajstić information content (AvgIpc) is 3.33. The summed E-state index contributed by atoms with van der Waals surface area (Å²) in [6.45, 7) is 0.470. The predicted octanol–water partition coefficient (Wildman–Crippen LogP) is 2.37. The summed E-state index contributed by atoms with van der Waals surface area (Å²) in [5, 5.41) is 13.0. The normalized spacial score (nSPS) is 31.7. The minimum Gasteiger partial charge on any atom is -0.391 e. The first kappa shape index (κ1) is 14.2. The first-order valence-corrected chi connectivity index (χ1v) is 8.35. The molecule has 0 saturated heterocycles. The van der Waals surface area contributed by atoms with Gasteiger partial charge in [0.05, 0.1) is 6.10 Å². The molecule has 3 rings (SSSR count). The molecule has 20 heavy (non-hydrogen) atoms. The van der Waals surface area contributed by atoms with Gasteiger partial charge in [0.25, 0.3) is 0 Å². The Balaban J connectivity index is 1.38. The van der Waals surface area contributed by atoms with Crippen LogP contribution in [0.2, 0.25) is 0 Å². The molecule has 3 unspecified atom stereocenters. The molecule has 4 heteroatoms. The van der Waals surface area contributed by atoms with Gasteiger partial charge >= 0.3 is 6.03 Å². The zero-order valence-electron chi connectivity index (χ0n) is 12.6. The summed E-state index contributed by atoms with van der Waals surface area (Å²) >= 11 is 0. The van der Waals surface area contributed by atoms with E-state index in [1.54, 1.807) is 11.9 Å². The molecular weight excluding hydrogens is 252 g/mol. The minimum atomic E-state index is -0.334. The third kappa shape index (κ3) is 3.46. The summed E-state index contributed by atoms with van der Waals surface area (Å²) in [5.74, 6) is 2.00. The van der Waals surface area contributed by atoms with Crippen LogP contribution in [-0.2, 0) is 0 Å². The fraction of sp³-hybridized carbons (Fsp3) is 0.938. The summed E-state index contributed by atoms with van der Waals surface area (Å²) in [4.78, 5) is 13.8. The van der Waals surface area contributed by atoms with Crippen LogP contribution in [0.4, 0.5) is 4.79 Å². The number of carbonyl (C=O) groups excluding carboxylic acids is 1. The second-order valence-corrected chi connectivity index (χ2v) is 7.14. The van der Waals surface area contributed by atoms with Crippen molar-refractivity contribution in [2.75, 3.05) is 13.6 Å². The van der Waals surface area contributed by atoms with Crippen molar-refractivity contribution in [3.63, 3.8) is 0 Å². The van der Waals surface area contributed by atoms with E-state index in [1.165, 1.54) is 32.1 Å². The number of aliphatic hydroxyl groups excluding tert-OH is 1. The first-order valence-electron chi connectivity index (χ1n) is 8.35. The fourth-order valence-electron chi connectivity index (χ4n) is 3.73. The van der Waals surface area contributed by atoms with Gasteiger partial charge in [-0.25, -0.2) is 4.79 Å². The Morgan fingerprint density at radius 2 is 1.95 bits per heavy atom. The molecule has 3 fully saturated rings. The topological polar surface area (TPSA) is 52.6 Å². The molecule has 3 aliphatic carbocycles. The van der Waals surface area contributed by atoms with Crippen molar-refractivity contribution < 1.29 is 9.90 Å². The highest BCUT2D eigenvalue weighted by atomic mass is 16.3. The molecule has 4 nitrogen and oxygen atoms in total. The van der Waals surface area contributed by atoms with Crippen molar-refractivity contribution in [3.8, 4) is 0 Å². The number of nitrogens with zero attached hydrogens (tertiary/aromatic N) is 1. The largest absolute Gasteiger partial charge is 0.391 e. The number of hydrogen-bond acceptors (Lipinski definition) is 2. The van der Waals surface area contributed by atoms with Gasteiger partial charge in [-0.2, -0.15) is 0 Å². The number of carbonyl (C=O) groups is 1. The van der Waals surface area contributed by atoms with E-state index in [9.17, 15) is 9.90 Å². The number of aliphatic hydroxyl groups is 1. The highest BCUT2D eigenvalue weighted by Gasteiger charge is 2.44. The Labute approximate surface area is 121 Å². The molecule has 0 aliphatic heterocycles. The van der Waals surface area contributed by atoms with Gasteiger partial charge in [0.1, 0.15) is 0 Å². The first-order chi connectivity index (χ1) is 9.65. The lowest BCUT2D eigenvalue weighted by atomic mass is 9.85. The molecule has 0 aromatic carbocycles. The minimum absolute atomic E-state index is 0.00647. The summed E-state index contributed by atoms with van der Waals surface area (Å²) in [6.07, 6.45) is 9.90. The van der Waals surface area contributed by atoms with Crippen LogP contribution in [-0.4, -0.2) is 41.8 Å². The second-order valence-electron chi connectivity index (χ2n) is 7.14. The van der Waals surface area contributed by atoms with Gasteiger partial charge in [-0.15, -0.1) is 0 Å². The molecular formula is C16H28N2O2. The molecule has 0 heterocycles. The van der Waals surface area contributed by atoms with Gasteiger partial charge in [0, 0.05) is 19.6 Å². The van der Waals surface area contributed by atoms with Crippen LogP contribution < -0.4 is 5.32 Å². The van der Waals surface area contributed by atoms with Crippen molar-refractivity contribution in [2.45, 2.75) is 63.5 Å². The quantitative estimate of drug-likeness (QED) is 0.812. The smallest absolute Gasteiger partial charge is 0.317 e. The zero-order valence-corrected chi connectivity index (χ0v) is 12.6. The van der Waals surface area contributed by atoms with E-state index >= 15 is 0 Å². The molecule has 114 valence electrons. The lowest BCUT2D eigenvalue weighted by Gasteiger charge is -2.23. The third-order valence-corrected chi connectivity index (χ3v) is 5.38. The van der Waals surface area contributed by atoms with Crippen molar-refractivity contribution in [3.05, 3.63) is 0 Å². The standard InChI is InChI=1S/C16H28N2O2/c1-18(10-15(19)12-7-8-12)16(20)17-14-9-13(14)11-5-3-2-4-6-11/h11-15,19H,2-10H2,1H3,(H,17,20). The number of likely N-dealkylation sites (N-methyl/N-ethyl adjacent to an activating group) is 1. The molecule has 3 saturated carbocycles. The monoisotopic (exact) mass is 280 g/mol. The molecule has 0 spiro atoms. The van der Waals surface area contributed by atoms with E-state index in [0.717, 1.165) is 31.1 Å². The molecule has 0 aromatic heterocycles. The molecule has 0 bridgehead atoms. The van der Waals surface area contributed by atoms with Crippen molar-refractivity contribution in [1.29, 1.82) is 0 Å². The van der Waals surface area contributed by atoms with Crippen LogP contribution in [0.3, 0.4) is 0 Å². The van der Waals surface area contributed by atoms with E-state index < -0.39 is 0 Å². The van der Waals surface area contributed by atoms with Gasteiger partial charge in [0.15, 0.2) is 0 Å². The Kier molecular flexibility index (Phi) is 4.20. The Morgan fingerprint density at radius 3 is 2.60 bits per heavy atom. The molecule has 2 amide bonds. The summed E-state index contributed by atoms with van der Waals surface area (Å²) in [5.41, 5.74) is 0. The predicted molar refractivity (Wildman–Crippen MR) is 78.4 cm³/mol. The molecule has 3 atom stereocenters. The summed E-state index contributed by atoms with van der Waals surface area (Å²) in [7, 11) is 1.79. The van der Waals surface area contributed by atoms with Gasteiger partial charge in [-0.1, -0.05) is 32.1 Å². The Hall–Kier alpha value is -0.770. The molecule has 3 aliphatic rings. The van der Waals surface area contributed by atoms with Crippen LogP contribution in [0, 0.1) is 17.8 Å².